The normalized spacial score (nSPS) is 38.6. The van der Waals surface area contributed by atoms with Gasteiger partial charge in [-0.05, 0) is 85.9 Å². The lowest BCUT2D eigenvalue weighted by atomic mass is 9.48. The van der Waals surface area contributed by atoms with E-state index < -0.39 is 0 Å². The van der Waals surface area contributed by atoms with Crippen molar-refractivity contribution in [3.63, 3.8) is 0 Å². The molecule has 0 unspecified atom stereocenters. The molecule has 3 saturated carbocycles. The van der Waals surface area contributed by atoms with Crippen LogP contribution in [0.4, 0.5) is 0 Å². The Balaban J connectivity index is 1.67. The smallest absolute Gasteiger partial charge is 0.302 e. The highest BCUT2D eigenvalue weighted by molar-refractivity contribution is 5.85. The number of carbonyl (C=O) groups excluding carboxylic acids is 2. The van der Waals surface area contributed by atoms with E-state index in [0.29, 0.717) is 29.6 Å². The molecule has 0 aliphatic heterocycles. The number of rotatable bonds is 9. The molecule has 0 N–H and O–H groups in total. The second kappa shape index (κ2) is 9.96. The molecule has 3 nitrogen and oxygen atoms in total. The second-order valence-corrected chi connectivity index (χ2v) is 12.2. The molecular weight excluding hydrogens is 384 g/mol. The van der Waals surface area contributed by atoms with E-state index >= 15 is 0 Å². The van der Waals surface area contributed by atoms with Gasteiger partial charge in [-0.3, -0.25) is 9.59 Å². The minimum atomic E-state index is -0.217. The van der Waals surface area contributed by atoms with Crippen LogP contribution in [0.5, 0.6) is 0 Å². The van der Waals surface area contributed by atoms with Crippen molar-refractivity contribution in [2.24, 2.45) is 46.3 Å². The maximum Gasteiger partial charge on any atom is 0.302 e. The fourth-order valence-corrected chi connectivity index (χ4v) is 8.28. The molecule has 3 aliphatic carbocycles. The van der Waals surface area contributed by atoms with Crippen molar-refractivity contribution >= 4 is 11.8 Å². The number of fused-ring (bicyclic) bond motifs is 3. The Morgan fingerprint density at radius 3 is 2.45 bits per heavy atom. The van der Waals surface area contributed by atoms with Gasteiger partial charge in [-0.15, -0.1) is 0 Å². The second-order valence-electron chi connectivity index (χ2n) is 12.2. The van der Waals surface area contributed by atoms with Gasteiger partial charge in [0.05, 0.1) is 6.61 Å². The maximum atomic E-state index is 13.1. The van der Waals surface area contributed by atoms with Gasteiger partial charge < -0.3 is 4.74 Å². The maximum absolute atomic E-state index is 13.1. The molecule has 0 heterocycles. The van der Waals surface area contributed by atoms with Crippen molar-refractivity contribution in [2.75, 3.05) is 6.61 Å². The van der Waals surface area contributed by atoms with Crippen LogP contribution in [-0.4, -0.2) is 18.4 Å². The first-order valence-electron chi connectivity index (χ1n) is 13.3. The Morgan fingerprint density at radius 2 is 1.77 bits per heavy atom. The molecule has 0 spiro atoms. The first-order chi connectivity index (χ1) is 14.6. The van der Waals surface area contributed by atoms with Gasteiger partial charge in [-0.25, -0.2) is 0 Å². The lowest BCUT2D eigenvalue weighted by molar-refractivity contribution is -0.147. The Labute approximate surface area is 191 Å². The zero-order valence-electron chi connectivity index (χ0n) is 21.2. The molecule has 0 aromatic heterocycles. The number of carbonyl (C=O) groups is 2. The number of esters is 1. The van der Waals surface area contributed by atoms with Crippen molar-refractivity contribution in [3.8, 4) is 0 Å². The zero-order valence-corrected chi connectivity index (χ0v) is 21.2. The van der Waals surface area contributed by atoms with E-state index in [1.165, 1.54) is 51.9 Å². The van der Waals surface area contributed by atoms with Gasteiger partial charge in [0.15, 0.2) is 0 Å². The molecule has 0 bridgehead atoms. The highest BCUT2D eigenvalue weighted by Gasteiger charge is 2.59. The van der Waals surface area contributed by atoms with Gasteiger partial charge in [0.2, 0.25) is 0 Å². The predicted molar refractivity (Wildman–Crippen MR) is 127 cm³/mol. The number of ether oxygens (including phenoxy) is 1. The van der Waals surface area contributed by atoms with Crippen molar-refractivity contribution in [3.05, 3.63) is 0 Å². The number of hydrogen-bond donors (Lipinski definition) is 0. The van der Waals surface area contributed by atoms with E-state index in [-0.39, 0.29) is 11.4 Å². The molecule has 31 heavy (non-hydrogen) atoms. The molecule has 7 atom stereocenters. The summed E-state index contributed by atoms with van der Waals surface area (Å²) in [5.74, 6) is 4.78. The summed E-state index contributed by atoms with van der Waals surface area (Å²) in [5.41, 5.74) is 0.253. The summed E-state index contributed by atoms with van der Waals surface area (Å²) < 4.78 is 5.17. The first kappa shape index (κ1) is 24.8. The summed E-state index contributed by atoms with van der Waals surface area (Å²) in [6, 6.07) is 0. The topological polar surface area (TPSA) is 43.4 Å². The summed E-state index contributed by atoms with van der Waals surface area (Å²) in [5, 5.41) is 0. The van der Waals surface area contributed by atoms with E-state index in [1.54, 1.807) is 0 Å². The Bertz CT molecular complexity index is 640. The zero-order chi connectivity index (χ0) is 22.8. The van der Waals surface area contributed by atoms with E-state index in [4.69, 9.17) is 4.74 Å². The largest absolute Gasteiger partial charge is 0.466 e. The van der Waals surface area contributed by atoms with Crippen LogP contribution < -0.4 is 0 Å². The lowest BCUT2D eigenvalue weighted by Crippen LogP contribution is -2.52. The Hall–Kier alpha value is -0.860. The summed E-state index contributed by atoms with van der Waals surface area (Å²) in [6.45, 7) is 14.0. The van der Waals surface area contributed by atoms with E-state index in [1.807, 2.05) is 0 Å². The molecule has 0 saturated heterocycles. The molecule has 3 rings (SSSR count). The third kappa shape index (κ3) is 5.06. The Kier molecular flexibility index (Phi) is 7.96. The van der Waals surface area contributed by atoms with E-state index in [0.717, 1.165) is 49.4 Å². The van der Waals surface area contributed by atoms with Crippen LogP contribution in [0.25, 0.3) is 0 Å². The molecule has 0 aromatic carbocycles. The molecule has 3 fully saturated rings. The molecule has 178 valence electrons. The van der Waals surface area contributed by atoms with Crippen molar-refractivity contribution in [2.45, 2.75) is 112 Å². The SMILES string of the molecule is CC(=O)OCCC[C@@]1(C)C(=O)CC[C@H]2[C@@H]3CC[C@H]([C@H](C)CCCC(C)C)[C@@]3(C)CC[C@@H]21. The van der Waals surface area contributed by atoms with Crippen LogP contribution in [0.1, 0.15) is 112 Å². The van der Waals surface area contributed by atoms with Crippen LogP contribution in [0, 0.1) is 46.3 Å². The predicted octanol–water partition coefficient (Wildman–Crippen LogP) is 7.22. The average molecular weight is 433 g/mol. The number of hydrogen-bond acceptors (Lipinski definition) is 3. The van der Waals surface area contributed by atoms with Crippen LogP contribution in [0.2, 0.25) is 0 Å². The highest BCUT2D eigenvalue weighted by atomic mass is 16.5. The van der Waals surface area contributed by atoms with Gasteiger partial charge >= 0.3 is 5.97 Å². The van der Waals surface area contributed by atoms with Crippen LogP contribution in [0.3, 0.4) is 0 Å². The van der Waals surface area contributed by atoms with E-state index in [2.05, 4.69) is 34.6 Å². The minimum Gasteiger partial charge on any atom is -0.466 e. The summed E-state index contributed by atoms with van der Waals surface area (Å²) >= 11 is 0. The van der Waals surface area contributed by atoms with Crippen molar-refractivity contribution < 1.29 is 14.3 Å². The molecule has 0 radical (unpaired) electrons. The molecular formula is C28H48O3. The fraction of sp³-hybridized carbons (Fsp3) is 0.929. The van der Waals surface area contributed by atoms with Gasteiger partial charge in [-0.2, -0.15) is 0 Å². The molecule has 3 heteroatoms. The monoisotopic (exact) mass is 432 g/mol. The summed E-state index contributed by atoms with van der Waals surface area (Å²) in [7, 11) is 0. The quantitative estimate of drug-likeness (QED) is 0.285. The van der Waals surface area contributed by atoms with E-state index in [9.17, 15) is 9.59 Å². The summed E-state index contributed by atoms with van der Waals surface area (Å²) in [6.07, 6.45) is 12.9. The fourth-order valence-electron chi connectivity index (χ4n) is 8.28. The van der Waals surface area contributed by atoms with Gasteiger partial charge in [-0.1, -0.05) is 53.9 Å². The first-order valence-corrected chi connectivity index (χ1v) is 13.3. The van der Waals surface area contributed by atoms with Gasteiger partial charge in [0, 0.05) is 18.8 Å². The minimum absolute atomic E-state index is 0.217. The molecule has 0 amide bonds. The average Bonchev–Trinajstić information content (AvgIpc) is 3.05. The third-order valence-corrected chi connectivity index (χ3v) is 9.94. The third-order valence-electron chi connectivity index (χ3n) is 9.94. The van der Waals surface area contributed by atoms with Crippen molar-refractivity contribution in [1.29, 1.82) is 0 Å². The van der Waals surface area contributed by atoms with Gasteiger partial charge in [0.25, 0.3) is 0 Å². The van der Waals surface area contributed by atoms with Crippen LogP contribution >= 0.6 is 0 Å². The van der Waals surface area contributed by atoms with Crippen LogP contribution in [0.15, 0.2) is 0 Å². The number of Topliss-reactive ketones (excluding diaryl/α,β-unsaturated/α-hetero) is 1. The van der Waals surface area contributed by atoms with Crippen molar-refractivity contribution in [1.82, 2.24) is 0 Å². The van der Waals surface area contributed by atoms with Crippen LogP contribution in [-0.2, 0) is 14.3 Å². The molecule has 0 aromatic rings. The van der Waals surface area contributed by atoms with Gasteiger partial charge in [0.1, 0.15) is 5.78 Å². The standard InChI is InChI=1S/C28H48O3/c1-19(2)9-7-10-20(3)23-12-13-24-22-11-14-26(30)28(6,16-8-18-31-21(4)29)25(22)15-17-27(23,24)5/h19-20,22-25H,7-18H2,1-6H3/t20-,22+,23-,24+,25+,27-,28-/m1/s1. The summed E-state index contributed by atoms with van der Waals surface area (Å²) in [4.78, 5) is 24.2. The molecule has 3 aliphatic rings. The number of ketones is 1. The lowest BCUT2D eigenvalue weighted by Gasteiger charge is -2.56. The Morgan fingerprint density at radius 1 is 1.03 bits per heavy atom. The highest BCUT2D eigenvalue weighted by Crippen LogP contribution is 2.65.